The summed E-state index contributed by atoms with van der Waals surface area (Å²) in [7, 11) is 2.49. The molecule has 0 aromatic heterocycles. The van der Waals surface area contributed by atoms with E-state index in [9.17, 15) is 4.21 Å². The molecule has 0 fully saturated rings. The minimum atomic E-state index is -1.01. The Balaban J connectivity index is 2.79. The monoisotopic (exact) mass is 241 g/mol. The molecule has 0 bridgehead atoms. The van der Waals surface area contributed by atoms with Gasteiger partial charge in [-0.1, -0.05) is 19.1 Å². The van der Waals surface area contributed by atoms with Crippen LogP contribution in [0.15, 0.2) is 29.2 Å². The first kappa shape index (κ1) is 13.2. The van der Waals surface area contributed by atoms with E-state index in [2.05, 4.69) is 12.2 Å². The molecule has 0 aliphatic carbocycles. The maximum atomic E-state index is 12.1. The maximum Gasteiger partial charge on any atom is 0.134 e. The molecule has 0 saturated heterocycles. The predicted octanol–water partition coefficient (Wildman–Crippen LogP) is 1.80. The first-order valence-electron chi connectivity index (χ1n) is 5.41. The second kappa shape index (κ2) is 6.66. The third-order valence-corrected chi connectivity index (χ3v) is 4.10. The van der Waals surface area contributed by atoms with Crippen LogP contribution in [0.2, 0.25) is 0 Å². The Labute approximate surface area is 99.7 Å². The highest BCUT2D eigenvalue weighted by Crippen LogP contribution is 2.21. The van der Waals surface area contributed by atoms with Gasteiger partial charge in [-0.25, -0.2) is 0 Å². The van der Waals surface area contributed by atoms with Crippen LogP contribution in [0.3, 0.4) is 0 Å². The highest BCUT2D eigenvalue weighted by atomic mass is 32.2. The van der Waals surface area contributed by atoms with Crippen molar-refractivity contribution in [2.45, 2.75) is 24.3 Å². The molecule has 4 heteroatoms. The van der Waals surface area contributed by atoms with Gasteiger partial charge >= 0.3 is 0 Å². The zero-order chi connectivity index (χ0) is 12.0. The lowest BCUT2D eigenvalue weighted by Gasteiger charge is -2.14. The number of hydrogen-bond acceptors (Lipinski definition) is 3. The van der Waals surface area contributed by atoms with E-state index in [4.69, 9.17) is 4.74 Å². The van der Waals surface area contributed by atoms with Crippen molar-refractivity contribution < 1.29 is 8.95 Å². The molecule has 0 aliphatic rings. The average Bonchev–Trinajstić information content (AvgIpc) is 2.35. The summed E-state index contributed by atoms with van der Waals surface area (Å²) in [4.78, 5) is 0.777. The quantitative estimate of drug-likeness (QED) is 0.825. The summed E-state index contributed by atoms with van der Waals surface area (Å²) < 4.78 is 17.3. The van der Waals surface area contributed by atoms with Gasteiger partial charge in [0.15, 0.2) is 0 Å². The number of benzene rings is 1. The summed E-state index contributed by atoms with van der Waals surface area (Å²) in [6.07, 6.45) is 0.970. The Hall–Kier alpha value is -0.870. The highest BCUT2D eigenvalue weighted by Gasteiger charge is 2.13. The molecule has 16 heavy (non-hydrogen) atoms. The maximum absolute atomic E-state index is 12.1. The molecule has 0 radical (unpaired) electrons. The minimum Gasteiger partial charge on any atom is -0.495 e. The van der Waals surface area contributed by atoms with Gasteiger partial charge in [-0.05, 0) is 25.6 Å². The number of ether oxygens (including phenoxy) is 1. The van der Waals surface area contributed by atoms with E-state index < -0.39 is 10.8 Å². The number of rotatable bonds is 6. The van der Waals surface area contributed by atoms with Crippen LogP contribution in [0.4, 0.5) is 0 Å². The summed E-state index contributed by atoms with van der Waals surface area (Å²) >= 11 is 0. The number of nitrogens with one attached hydrogen (secondary N) is 1. The van der Waals surface area contributed by atoms with E-state index in [0.29, 0.717) is 11.5 Å². The number of hydrogen-bond donors (Lipinski definition) is 1. The molecule has 90 valence electrons. The molecule has 0 amide bonds. The Morgan fingerprint density at radius 3 is 2.69 bits per heavy atom. The average molecular weight is 241 g/mol. The van der Waals surface area contributed by atoms with Crippen LogP contribution < -0.4 is 10.1 Å². The zero-order valence-corrected chi connectivity index (χ0v) is 10.8. The second-order valence-corrected chi connectivity index (χ2v) is 5.02. The van der Waals surface area contributed by atoms with E-state index in [1.807, 2.05) is 31.3 Å². The molecular weight excluding hydrogens is 222 g/mol. The summed E-state index contributed by atoms with van der Waals surface area (Å²) in [5.74, 6) is 1.32. The standard InChI is InChI=1S/C12H19NO2S/c1-4-10(13-2)9-16(14)12-8-6-5-7-11(12)15-3/h5-8,10,13H,4,9H2,1-3H3. The molecule has 0 saturated carbocycles. The highest BCUT2D eigenvalue weighted by molar-refractivity contribution is 7.85. The predicted molar refractivity (Wildman–Crippen MR) is 67.4 cm³/mol. The van der Waals surface area contributed by atoms with Gasteiger partial charge in [0.25, 0.3) is 0 Å². The molecule has 1 aromatic rings. The van der Waals surface area contributed by atoms with Gasteiger partial charge in [-0.2, -0.15) is 0 Å². The van der Waals surface area contributed by atoms with Crippen LogP contribution >= 0.6 is 0 Å². The van der Waals surface area contributed by atoms with E-state index in [1.54, 1.807) is 7.11 Å². The van der Waals surface area contributed by atoms with E-state index in [0.717, 1.165) is 11.3 Å². The zero-order valence-electron chi connectivity index (χ0n) is 10.0. The van der Waals surface area contributed by atoms with Crippen LogP contribution in [0, 0.1) is 0 Å². The third kappa shape index (κ3) is 3.32. The van der Waals surface area contributed by atoms with Crippen molar-refractivity contribution >= 4 is 10.8 Å². The van der Waals surface area contributed by atoms with E-state index in [1.165, 1.54) is 0 Å². The van der Waals surface area contributed by atoms with Crippen molar-refractivity contribution in [1.29, 1.82) is 0 Å². The molecule has 0 spiro atoms. The topological polar surface area (TPSA) is 38.3 Å². The van der Waals surface area contributed by atoms with E-state index >= 15 is 0 Å². The molecule has 2 atom stereocenters. The van der Waals surface area contributed by atoms with Gasteiger partial charge in [0.05, 0.1) is 22.8 Å². The Morgan fingerprint density at radius 2 is 2.12 bits per heavy atom. The molecular formula is C12H19NO2S. The van der Waals surface area contributed by atoms with Gasteiger partial charge in [0.1, 0.15) is 5.75 Å². The molecule has 1 aromatic carbocycles. The summed E-state index contributed by atoms with van der Waals surface area (Å²) in [5, 5.41) is 3.16. The van der Waals surface area contributed by atoms with Crippen molar-refractivity contribution in [2.24, 2.45) is 0 Å². The van der Waals surface area contributed by atoms with Crippen LogP contribution in [0.1, 0.15) is 13.3 Å². The number of methoxy groups -OCH3 is 1. The summed E-state index contributed by atoms with van der Waals surface area (Å²) in [5.41, 5.74) is 0. The van der Waals surface area contributed by atoms with Gasteiger partial charge < -0.3 is 10.1 Å². The fourth-order valence-electron chi connectivity index (χ4n) is 1.48. The summed E-state index contributed by atoms with van der Waals surface area (Å²) in [6.45, 7) is 2.08. The number of para-hydroxylation sites is 1. The van der Waals surface area contributed by atoms with E-state index in [-0.39, 0.29) is 6.04 Å². The fraction of sp³-hybridized carbons (Fsp3) is 0.500. The largest absolute Gasteiger partial charge is 0.495 e. The molecule has 1 rings (SSSR count). The molecule has 3 nitrogen and oxygen atoms in total. The van der Waals surface area contributed by atoms with Crippen LogP contribution in [0.25, 0.3) is 0 Å². The lowest BCUT2D eigenvalue weighted by Crippen LogP contribution is -2.30. The second-order valence-electron chi connectivity index (χ2n) is 3.56. The van der Waals surface area contributed by atoms with Crippen molar-refractivity contribution in [3.8, 4) is 5.75 Å². The first-order valence-corrected chi connectivity index (χ1v) is 6.73. The smallest absolute Gasteiger partial charge is 0.134 e. The SMILES string of the molecule is CCC(CS(=O)c1ccccc1OC)NC. The van der Waals surface area contributed by atoms with Crippen LogP contribution in [-0.2, 0) is 10.8 Å². The first-order chi connectivity index (χ1) is 7.72. The summed E-state index contributed by atoms with van der Waals surface area (Å²) in [6, 6.07) is 7.75. The third-order valence-electron chi connectivity index (χ3n) is 2.57. The van der Waals surface area contributed by atoms with Crippen molar-refractivity contribution in [2.75, 3.05) is 19.9 Å². The molecule has 1 N–H and O–H groups in total. The Bertz CT molecular complexity index is 351. The minimum absolute atomic E-state index is 0.283. The fourth-order valence-corrected chi connectivity index (χ4v) is 3.04. The van der Waals surface area contributed by atoms with Crippen molar-refractivity contribution in [3.05, 3.63) is 24.3 Å². The molecule has 2 unspecified atom stereocenters. The van der Waals surface area contributed by atoms with Gasteiger partial charge in [0.2, 0.25) is 0 Å². The van der Waals surface area contributed by atoms with Crippen LogP contribution in [0.5, 0.6) is 5.75 Å². The normalized spacial score (nSPS) is 14.4. The van der Waals surface area contributed by atoms with Gasteiger partial charge in [-0.3, -0.25) is 4.21 Å². The molecule has 0 heterocycles. The van der Waals surface area contributed by atoms with Gasteiger partial charge in [0, 0.05) is 11.8 Å². The lowest BCUT2D eigenvalue weighted by atomic mass is 10.3. The van der Waals surface area contributed by atoms with Crippen molar-refractivity contribution in [1.82, 2.24) is 5.32 Å². The van der Waals surface area contributed by atoms with Gasteiger partial charge in [-0.15, -0.1) is 0 Å². The van der Waals surface area contributed by atoms with Crippen molar-refractivity contribution in [3.63, 3.8) is 0 Å². The Kier molecular flexibility index (Phi) is 5.49. The van der Waals surface area contributed by atoms with Crippen LogP contribution in [-0.4, -0.2) is 30.2 Å². The lowest BCUT2D eigenvalue weighted by molar-refractivity contribution is 0.404. The molecule has 0 aliphatic heterocycles. The Morgan fingerprint density at radius 1 is 1.44 bits per heavy atom.